The second-order valence-corrected chi connectivity index (χ2v) is 9.42. The fourth-order valence-corrected chi connectivity index (χ4v) is 4.73. The van der Waals surface area contributed by atoms with Crippen LogP contribution >= 0.6 is 0 Å². The summed E-state index contributed by atoms with van der Waals surface area (Å²) in [5, 5.41) is 6.69. The van der Waals surface area contributed by atoms with Gasteiger partial charge in [0, 0.05) is 26.2 Å². The van der Waals surface area contributed by atoms with Crippen LogP contribution in [0.2, 0.25) is 0 Å². The van der Waals surface area contributed by atoms with Crippen LogP contribution in [0.4, 0.5) is 0 Å². The Morgan fingerprint density at radius 1 is 1.29 bits per heavy atom. The van der Waals surface area contributed by atoms with E-state index in [4.69, 9.17) is 4.74 Å². The predicted molar refractivity (Wildman–Crippen MR) is 114 cm³/mol. The number of benzene rings is 1. The maximum Gasteiger partial charge on any atom is 0.214 e. The van der Waals surface area contributed by atoms with Crippen molar-refractivity contribution >= 4 is 16.0 Å². The second-order valence-electron chi connectivity index (χ2n) is 7.33. The molecule has 0 bridgehead atoms. The highest BCUT2D eigenvalue weighted by molar-refractivity contribution is 7.89. The third-order valence-corrected chi connectivity index (χ3v) is 6.87. The number of nitrogens with one attached hydrogen (secondary N) is 2. The molecule has 8 heteroatoms. The van der Waals surface area contributed by atoms with Crippen LogP contribution in [0.3, 0.4) is 0 Å². The molecule has 1 aromatic rings. The normalized spacial score (nSPS) is 17.9. The number of aryl methyl sites for hydroxylation is 1. The molecule has 0 saturated carbocycles. The number of nitrogens with zero attached hydrogens (tertiary/aromatic N) is 2. The average Bonchev–Trinajstić information content (AvgIpc) is 2.67. The lowest BCUT2D eigenvalue weighted by molar-refractivity contribution is 0.223. The summed E-state index contributed by atoms with van der Waals surface area (Å²) in [7, 11) is -1.36. The summed E-state index contributed by atoms with van der Waals surface area (Å²) in [5.41, 5.74) is 1.20. The van der Waals surface area contributed by atoms with Crippen molar-refractivity contribution in [1.82, 2.24) is 14.9 Å². The molecule has 28 heavy (non-hydrogen) atoms. The van der Waals surface area contributed by atoms with Gasteiger partial charge in [-0.05, 0) is 45.2 Å². The molecule has 1 saturated heterocycles. The molecule has 1 heterocycles. The molecule has 2 rings (SSSR count). The SMILES string of the molecule is CCCS(=O)(=O)N1CCC(NC(=NC)NCC(C)Oc2ccc(C)cc2)CC1. The molecule has 1 aliphatic rings. The molecule has 0 aromatic heterocycles. The fourth-order valence-electron chi connectivity index (χ4n) is 3.18. The summed E-state index contributed by atoms with van der Waals surface area (Å²) in [4.78, 5) is 4.28. The number of sulfonamides is 1. The van der Waals surface area contributed by atoms with Gasteiger partial charge in [0.1, 0.15) is 11.9 Å². The first-order valence-electron chi connectivity index (χ1n) is 10.0. The molecule has 1 fully saturated rings. The van der Waals surface area contributed by atoms with E-state index in [2.05, 4.69) is 15.6 Å². The van der Waals surface area contributed by atoms with E-state index in [9.17, 15) is 8.42 Å². The summed E-state index contributed by atoms with van der Waals surface area (Å²) < 4.78 is 31.9. The van der Waals surface area contributed by atoms with E-state index in [1.54, 1.807) is 11.4 Å². The number of guanidine groups is 1. The minimum Gasteiger partial charge on any atom is -0.489 e. The van der Waals surface area contributed by atoms with Crippen molar-refractivity contribution in [3.63, 3.8) is 0 Å². The second kappa shape index (κ2) is 10.7. The van der Waals surface area contributed by atoms with E-state index in [1.807, 2.05) is 45.0 Å². The van der Waals surface area contributed by atoms with Gasteiger partial charge in [0.15, 0.2) is 5.96 Å². The molecule has 1 aliphatic heterocycles. The summed E-state index contributed by atoms with van der Waals surface area (Å²) in [6.45, 7) is 7.70. The molecular weight excluding hydrogens is 376 g/mol. The van der Waals surface area contributed by atoms with E-state index in [0.717, 1.165) is 18.6 Å². The van der Waals surface area contributed by atoms with E-state index in [0.29, 0.717) is 32.0 Å². The Balaban J connectivity index is 1.75. The Kier molecular flexibility index (Phi) is 8.57. The lowest BCUT2D eigenvalue weighted by Crippen LogP contribution is -2.51. The Hall–Kier alpha value is -1.80. The van der Waals surface area contributed by atoms with E-state index < -0.39 is 10.0 Å². The van der Waals surface area contributed by atoms with Gasteiger partial charge >= 0.3 is 0 Å². The monoisotopic (exact) mass is 410 g/mol. The summed E-state index contributed by atoms with van der Waals surface area (Å²) in [6.07, 6.45) is 2.19. The highest BCUT2D eigenvalue weighted by Crippen LogP contribution is 2.15. The molecule has 158 valence electrons. The molecule has 0 spiro atoms. The maximum absolute atomic E-state index is 12.2. The van der Waals surface area contributed by atoms with Crippen molar-refractivity contribution in [2.24, 2.45) is 4.99 Å². The van der Waals surface area contributed by atoms with Gasteiger partial charge in [-0.15, -0.1) is 0 Å². The third-order valence-electron chi connectivity index (χ3n) is 4.79. The zero-order valence-corrected chi connectivity index (χ0v) is 18.3. The first kappa shape index (κ1) is 22.5. The van der Waals surface area contributed by atoms with Crippen molar-refractivity contribution in [2.75, 3.05) is 32.4 Å². The fraction of sp³-hybridized carbons (Fsp3) is 0.650. The molecule has 0 amide bonds. The molecule has 7 nitrogen and oxygen atoms in total. The largest absolute Gasteiger partial charge is 0.489 e. The zero-order chi connectivity index (χ0) is 20.6. The topological polar surface area (TPSA) is 83.0 Å². The number of piperidine rings is 1. The predicted octanol–water partition coefficient (Wildman–Crippen LogP) is 2.13. The maximum atomic E-state index is 12.2. The van der Waals surface area contributed by atoms with Gasteiger partial charge in [-0.3, -0.25) is 4.99 Å². The number of ether oxygens (including phenoxy) is 1. The van der Waals surface area contributed by atoms with Gasteiger partial charge in [0.05, 0.1) is 12.3 Å². The summed E-state index contributed by atoms with van der Waals surface area (Å²) in [5.74, 6) is 1.80. The number of aliphatic imine (C=N–C) groups is 1. The van der Waals surface area contributed by atoms with Gasteiger partial charge in [0.25, 0.3) is 0 Å². The van der Waals surface area contributed by atoms with E-state index in [-0.39, 0.29) is 17.9 Å². The highest BCUT2D eigenvalue weighted by atomic mass is 32.2. The van der Waals surface area contributed by atoms with Crippen LogP contribution in [0, 0.1) is 6.92 Å². The third kappa shape index (κ3) is 6.98. The average molecular weight is 411 g/mol. The van der Waals surface area contributed by atoms with Crippen LogP contribution in [0.25, 0.3) is 0 Å². The van der Waals surface area contributed by atoms with Crippen LogP contribution in [0.1, 0.15) is 38.7 Å². The number of hydrogen-bond acceptors (Lipinski definition) is 4. The Morgan fingerprint density at radius 3 is 2.50 bits per heavy atom. The van der Waals surface area contributed by atoms with Crippen LogP contribution in [-0.2, 0) is 10.0 Å². The smallest absolute Gasteiger partial charge is 0.214 e. The minimum absolute atomic E-state index is 0.0118. The van der Waals surface area contributed by atoms with Crippen molar-refractivity contribution in [1.29, 1.82) is 0 Å². The molecule has 1 unspecified atom stereocenters. The molecule has 0 aliphatic carbocycles. The zero-order valence-electron chi connectivity index (χ0n) is 17.4. The number of rotatable bonds is 8. The molecular formula is C20H34N4O3S. The standard InChI is InChI=1S/C20H34N4O3S/c1-5-14-28(25,26)24-12-10-18(11-13-24)23-20(21-4)22-15-17(3)27-19-8-6-16(2)7-9-19/h6-9,17-18H,5,10-15H2,1-4H3,(H2,21,22,23). The van der Waals surface area contributed by atoms with Gasteiger partial charge in [-0.2, -0.15) is 0 Å². The van der Waals surface area contributed by atoms with Gasteiger partial charge < -0.3 is 15.4 Å². The summed E-state index contributed by atoms with van der Waals surface area (Å²) >= 11 is 0. The first-order valence-corrected chi connectivity index (χ1v) is 11.6. The van der Waals surface area contributed by atoms with Crippen LogP contribution in [0.5, 0.6) is 5.75 Å². The van der Waals surface area contributed by atoms with Crippen molar-refractivity contribution in [3.05, 3.63) is 29.8 Å². The lowest BCUT2D eigenvalue weighted by atomic mass is 10.1. The van der Waals surface area contributed by atoms with Crippen molar-refractivity contribution in [2.45, 2.75) is 52.2 Å². The summed E-state index contributed by atoms with van der Waals surface area (Å²) in [6, 6.07) is 8.22. The number of hydrogen-bond donors (Lipinski definition) is 2. The van der Waals surface area contributed by atoms with Crippen LogP contribution in [-0.4, -0.2) is 63.3 Å². The molecule has 2 N–H and O–H groups in total. The first-order chi connectivity index (χ1) is 13.3. The lowest BCUT2D eigenvalue weighted by Gasteiger charge is -2.32. The highest BCUT2D eigenvalue weighted by Gasteiger charge is 2.27. The van der Waals surface area contributed by atoms with Gasteiger partial charge in [-0.1, -0.05) is 24.6 Å². The van der Waals surface area contributed by atoms with E-state index >= 15 is 0 Å². The van der Waals surface area contributed by atoms with Gasteiger partial charge in [-0.25, -0.2) is 12.7 Å². The Labute approximate surface area is 169 Å². The van der Waals surface area contributed by atoms with Crippen molar-refractivity contribution < 1.29 is 13.2 Å². The van der Waals surface area contributed by atoms with Gasteiger partial charge in [0.2, 0.25) is 10.0 Å². The minimum atomic E-state index is -3.10. The van der Waals surface area contributed by atoms with Crippen LogP contribution in [0.15, 0.2) is 29.3 Å². The Morgan fingerprint density at radius 2 is 1.93 bits per heavy atom. The molecule has 1 aromatic carbocycles. The quantitative estimate of drug-likeness (QED) is 0.507. The van der Waals surface area contributed by atoms with Crippen molar-refractivity contribution in [3.8, 4) is 5.75 Å². The Bertz CT molecular complexity index is 726. The van der Waals surface area contributed by atoms with Crippen LogP contribution < -0.4 is 15.4 Å². The molecule has 1 atom stereocenters. The molecule has 0 radical (unpaired) electrons. The van der Waals surface area contributed by atoms with E-state index in [1.165, 1.54) is 5.56 Å².